The van der Waals surface area contributed by atoms with Crippen molar-refractivity contribution in [2.24, 2.45) is 0 Å². The van der Waals surface area contributed by atoms with Crippen LogP contribution in [0.5, 0.6) is 5.75 Å². The van der Waals surface area contributed by atoms with Crippen molar-refractivity contribution >= 4 is 16.1 Å². The van der Waals surface area contributed by atoms with E-state index in [0.717, 1.165) is 46.1 Å². The van der Waals surface area contributed by atoms with Crippen molar-refractivity contribution in [3.8, 4) is 5.75 Å². The molecule has 0 spiro atoms. The Morgan fingerprint density at radius 3 is 1.45 bits per heavy atom. The Bertz CT molecular complexity index is 2920. The Labute approximate surface area is 485 Å². The Balaban J connectivity index is 1.21. The summed E-state index contributed by atoms with van der Waals surface area (Å²) in [6.07, 6.45) is -7.25. The Kier molecular flexibility index (Phi) is 23.0. The fourth-order valence-electron chi connectivity index (χ4n) is 9.40. The number of ether oxygens (including phenoxy) is 9. The minimum absolute atomic E-state index is 0.00226. The predicted octanol–water partition coefficient (Wildman–Crippen LogP) is 13.2. The molecule has 0 amide bonds. The molecule has 8 rings (SSSR count). The second-order valence-electron chi connectivity index (χ2n) is 21.6. The normalized spacial score (nSPS) is 18.6. The first-order chi connectivity index (χ1) is 39.7. The van der Waals surface area contributed by atoms with E-state index in [1.165, 1.54) is 0 Å². The molecular formula is C66H79O14PSi. The van der Waals surface area contributed by atoms with Crippen molar-refractivity contribution in [2.45, 2.75) is 114 Å². The molecular weight excluding hydrogens is 1080 g/mol. The summed E-state index contributed by atoms with van der Waals surface area (Å²) in [6.45, 7) is 10.9. The van der Waals surface area contributed by atoms with Gasteiger partial charge < -0.3 is 52.0 Å². The van der Waals surface area contributed by atoms with Gasteiger partial charge >= 0.3 is 7.82 Å². The largest absolute Gasteiger partial charge is 0.497 e. The predicted molar refractivity (Wildman–Crippen MR) is 317 cm³/mol. The number of rotatable bonds is 32. The molecule has 1 saturated heterocycles. The molecule has 16 heteroatoms. The van der Waals surface area contributed by atoms with Crippen molar-refractivity contribution in [2.75, 3.05) is 40.8 Å². The third kappa shape index (κ3) is 17.2. The summed E-state index contributed by atoms with van der Waals surface area (Å²) in [5.41, 5.74) is 5.13. The van der Waals surface area contributed by atoms with Crippen LogP contribution in [0, 0.1) is 0 Å². The van der Waals surface area contributed by atoms with Gasteiger partial charge in [-0.1, -0.05) is 215 Å². The van der Waals surface area contributed by atoms with Crippen LogP contribution in [0.2, 0.25) is 18.1 Å². The maximum atomic E-state index is 13.5. The van der Waals surface area contributed by atoms with Gasteiger partial charge in [0.05, 0.1) is 53.4 Å². The van der Waals surface area contributed by atoms with E-state index in [4.69, 9.17) is 56.1 Å². The van der Waals surface area contributed by atoms with Gasteiger partial charge in [0, 0.05) is 7.11 Å². The van der Waals surface area contributed by atoms with Gasteiger partial charge in [-0.3, -0.25) is 9.05 Å². The highest BCUT2D eigenvalue weighted by molar-refractivity contribution is 7.47. The SMILES string of the molecule is COc1ccc(C(OC[C@@H](OCc2ccccc2)[C@@H](OCc2ccccc2)[C@H](CO[C@@H]2O[C@H](CO[Si](C)(C)C(C)(C)C)[C@@H](OP(=O)(O)OC)[C@H]2OCOCc2ccccc2)OCc2ccccc2)(c2ccccc2)c2ccccc2)cc1. The second-order valence-corrected chi connectivity index (χ2v) is 28.0. The zero-order chi connectivity index (χ0) is 57.8. The topological polar surface area (TPSA) is 148 Å². The maximum Gasteiger partial charge on any atom is 0.472 e. The highest BCUT2D eigenvalue weighted by atomic mass is 31.2. The van der Waals surface area contributed by atoms with E-state index in [0.29, 0.717) is 5.75 Å². The molecule has 0 radical (unpaired) electrons. The summed E-state index contributed by atoms with van der Waals surface area (Å²) in [5.74, 6) is 0.700. The summed E-state index contributed by atoms with van der Waals surface area (Å²) in [5, 5.41) is -0.171. The molecule has 0 saturated carbocycles. The summed E-state index contributed by atoms with van der Waals surface area (Å²) in [6, 6.07) is 67.6. The van der Waals surface area contributed by atoms with E-state index in [1.54, 1.807) is 7.11 Å². The van der Waals surface area contributed by atoms with Crippen LogP contribution in [-0.4, -0.2) is 97.0 Å². The van der Waals surface area contributed by atoms with Crippen LogP contribution in [0.25, 0.3) is 0 Å². The van der Waals surface area contributed by atoms with E-state index >= 15 is 0 Å². The zero-order valence-corrected chi connectivity index (χ0v) is 49.9. The van der Waals surface area contributed by atoms with Crippen LogP contribution in [0.15, 0.2) is 206 Å². The van der Waals surface area contributed by atoms with Gasteiger partial charge in [-0.05, 0) is 69.2 Å². The lowest BCUT2D eigenvalue weighted by Gasteiger charge is -2.39. The fraction of sp³-hybridized carbons (Fsp3) is 0.364. The molecule has 1 fully saturated rings. The molecule has 0 bridgehead atoms. The van der Waals surface area contributed by atoms with Crippen LogP contribution in [0.1, 0.15) is 59.7 Å². The van der Waals surface area contributed by atoms with Gasteiger partial charge in [-0.15, -0.1) is 0 Å². The summed E-state index contributed by atoms with van der Waals surface area (Å²) in [7, 11) is -4.33. The summed E-state index contributed by atoms with van der Waals surface area (Å²) in [4.78, 5) is 11.0. The van der Waals surface area contributed by atoms with Gasteiger partial charge in [0.1, 0.15) is 54.8 Å². The monoisotopic (exact) mass is 1150 g/mol. The number of phosphoric ester groups is 1. The van der Waals surface area contributed by atoms with Crippen LogP contribution in [0.3, 0.4) is 0 Å². The molecule has 1 heterocycles. The lowest BCUT2D eigenvalue weighted by atomic mass is 9.80. The Morgan fingerprint density at radius 1 is 0.549 bits per heavy atom. The standard InChI is InChI=1S/C66H79O14PSi/c1-65(2,3)82(6,7)78-48-60-62(80-81(67,68)70-5)63(76-49-71-42-50-26-14-8-15-27-50)64(79-60)75-46-58(72-43-51-28-16-9-17-29-51)61(74-45-53-32-20-11-21-33-53)59(73-44-52-30-18-10-19-31-52)47-77-66(54-34-22-12-23-35-54,55-36-24-13-25-37-55)56-38-40-57(69-4)41-39-56/h8-41,58-64H,42-49H2,1-7H3,(H,67,68)/t58-,59+,60+,61-,62+,63+,64+/m0/s1. The lowest BCUT2D eigenvalue weighted by Crippen LogP contribution is -2.49. The number of benzene rings is 7. The van der Waals surface area contributed by atoms with Gasteiger partial charge in [-0.2, -0.15) is 0 Å². The number of hydrogen-bond donors (Lipinski definition) is 1. The highest BCUT2D eigenvalue weighted by Crippen LogP contribution is 2.48. The van der Waals surface area contributed by atoms with Crippen molar-refractivity contribution < 1.29 is 65.6 Å². The molecule has 7 aromatic carbocycles. The molecule has 1 N–H and O–H groups in total. The average molecular weight is 1160 g/mol. The van der Waals surface area contributed by atoms with E-state index in [1.807, 2.05) is 182 Å². The van der Waals surface area contributed by atoms with Gasteiger partial charge in [0.2, 0.25) is 0 Å². The summed E-state index contributed by atoms with van der Waals surface area (Å²) >= 11 is 0. The molecule has 82 heavy (non-hydrogen) atoms. The van der Waals surface area contributed by atoms with Crippen molar-refractivity contribution in [1.82, 2.24) is 0 Å². The van der Waals surface area contributed by atoms with E-state index in [2.05, 4.69) is 58.1 Å². The zero-order valence-electron chi connectivity index (χ0n) is 48.0. The minimum Gasteiger partial charge on any atom is -0.497 e. The van der Waals surface area contributed by atoms with Crippen LogP contribution in [-0.2, 0) is 88.0 Å². The molecule has 0 aliphatic carbocycles. The molecule has 8 atom stereocenters. The first-order valence-corrected chi connectivity index (χ1v) is 32.2. The average Bonchev–Trinajstić information content (AvgIpc) is 3.97. The molecule has 1 aliphatic heterocycles. The first-order valence-electron chi connectivity index (χ1n) is 27.8. The molecule has 436 valence electrons. The Morgan fingerprint density at radius 2 is 0.988 bits per heavy atom. The fourth-order valence-corrected chi connectivity index (χ4v) is 11.1. The first kappa shape index (κ1) is 62.4. The van der Waals surface area contributed by atoms with Crippen molar-refractivity contribution in [3.05, 3.63) is 245 Å². The smallest absolute Gasteiger partial charge is 0.472 e. The van der Waals surface area contributed by atoms with Crippen molar-refractivity contribution in [3.63, 3.8) is 0 Å². The van der Waals surface area contributed by atoms with Gasteiger partial charge in [0.15, 0.2) is 14.6 Å². The van der Waals surface area contributed by atoms with Gasteiger partial charge in [-0.25, -0.2) is 4.57 Å². The van der Waals surface area contributed by atoms with Gasteiger partial charge in [0.25, 0.3) is 0 Å². The van der Waals surface area contributed by atoms with E-state index < -0.39 is 64.7 Å². The van der Waals surface area contributed by atoms with Crippen molar-refractivity contribution in [1.29, 1.82) is 0 Å². The third-order valence-corrected chi connectivity index (χ3v) is 20.5. The third-order valence-electron chi connectivity index (χ3n) is 15.0. The minimum atomic E-state index is -4.67. The number of phosphoric acid groups is 1. The van der Waals surface area contributed by atoms with Crippen LogP contribution in [0.4, 0.5) is 0 Å². The maximum absolute atomic E-state index is 13.5. The van der Waals surface area contributed by atoms with E-state index in [-0.39, 0.29) is 58.1 Å². The molecule has 14 nitrogen and oxygen atoms in total. The molecule has 1 unspecified atom stereocenters. The quantitative estimate of drug-likeness (QED) is 0.0140. The summed E-state index contributed by atoms with van der Waals surface area (Å²) < 4.78 is 92.1. The highest BCUT2D eigenvalue weighted by Gasteiger charge is 2.52. The number of methoxy groups -OCH3 is 1. The molecule has 0 aromatic heterocycles. The second kappa shape index (κ2) is 30.2. The molecule has 1 aliphatic rings. The Hall–Kier alpha value is -5.69. The number of hydrogen-bond acceptors (Lipinski definition) is 13. The molecule has 7 aromatic rings. The van der Waals surface area contributed by atoms with E-state index in [9.17, 15) is 9.46 Å². The van der Waals surface area contributed by atoms with Crippen LogP contribution >= 0.6 is 7.82 Å². The lowest BCUT2D eigenvalue weighted by molar-refractivity contribution is -0.232. The van der Waals surface area contributed by atoms with Crippen LogP contribution < -0.4 is 4.74 Å².